The molecule has 4 aliphatic rings. The highest BCUT2D eigenvalue weighted by Crippen LogP contribution is 2.30. The van der Waals surface area contributed by atoms with Gasteiger partial charge in [-0.25, -0.2) is 33.0 Å². The summed E-state index contributed by atoms with van der Waals surface area (Å²) in [5, 5.41) is 20.3. The molecule has 0 radical (unpaired) electrons. The smallest absolute Gasteiger partial charge is 0.414 e. The highest BCUT2D eigenvalue weighted by atomic mass is 32.1. The first-order chi connectivity index (χ1) is 31.7. The minimum Gasteiger partial charge on any atom is -0.465 e. The predicted octanol–water partition coefficient (Wildman–Crippen LogP) is 4.93. The lowest BCUT2D eigenvalue weighted by Gasteiger charge is -2.34. The third-order valence-corrected chi connectivity index (χ3v) is 11.2. The number of isothiocyanates is 1. The second-order valence-corrected chi connectivity index (χ2v) is 15.3. The number of rotatable bonds is 7. The van der Waals surface area contributed by atoms with E-state index >= 15 is 0 Å². The number of aliphatic imine (C=N–C) groups is 1. The molecule has 0 aliphatic carbocycles. The number of carbonyl (C=O) groups is 4. The summed E-state index contributed by atoms with van der Waals surface area (Å²) in [7, 11) is 0. The number of benzene rings is 2. The quantitative estimate of drug-likeness (QED) is 0.165. The Balaban J connectivity index is 0.000000225. The number of cyclic esters (lactones) is 2. The van der Waals surface area contributed by atoms with Crippen molar-refractivity contribution in [3.63, 3.8) is 0 Å². The number of ether oxygens (including phenoxy) is 2. The Labute approximate surface area is 400 Å². The van der Waals surface area contributed by atoms with E-state index in [1.54, 1.807) is 58.3 Å². The van der Waals surface area contributed by atoms with E-state index < -0.39 is 42.1 Å². The molecule has 20 nitrogen and oxygen atoms in total. The van der Waals surface area contributed by atoms with Crippen molar-refractivity contribution in [1.29, 1.82) is 0 Å². The van der Waals surface area contributed by atoms with Crippen molar-refractivity contribution >= 4 is 81.8 Å². The molecule has 4 amide bonds. The van der Waals surface area contributed by atoms with Crippen LogP contribution in [0.2, 0.25) is 0 Å². The van der Waals surface area contributed by atoms with Crippen molar-refractivity contribution in [2.75, 3.05) is 98.1 Å². The van der Waals surface area contributed by atoms with Crippen molar-refractivity contribution in [2.24, 2.45) is 10.7 Å². The van der Waals surface area contributed by atoms with Crippen LogP contribution in [0.15, 0.2) is 99.8 Å². The minimum atomic E-state index is -0.972. The molecule has 24 heteroatoms. The van der Waals surface area contributed by atoms with Gasteiger partial charge in [-0.15, -0.1) is 0 Å². The van der Waals surface area contributed by atoms with Gasteiger partial charge in [-0.1, -0.05) is 27.0 Å². The third kappa shape index (κ3) is 13.0. The van der Waals surface area contributed by atoms with E-state index in [0.29, 0.717) is 81.7 Å². The number of nitrogens with zero attached hydrogens (tertiary/aromatic N) is 9. The monoisotopic (exact) mass is 982 g/mol. The summed E-state index contributed by atoms with van der Waals surface area (Å²) >= 11 is 9.58. The van der Waals surface area contributed by atoms with Gasteiger partial charge in [0, 0.05) is 83.4 Å². The Kier molecular flexibility index (Phi) is 19.2. The van der Waals surface area contributed by atoms with Crippen LogP contribution in [0.1, 0.15) is 14.9 Å². The summed E-state index contributed by atoms with van der Waals surface area (Å²) in [5.41, 5.74) is 6.56. The highest BCUT2D eigenvalue weighted by molar-refractivity contribution is 7.80. The number of thiocarbonyl (C=S) groups is 2. The standard InChI is InChI=1S/C16H17FN4O4S.C15H19FN4O4.C11H8N2O2S.2CH4/c17-13-7-11(21-9-12(8-18-10-26)25-16(21)24)1-2-14(13)19-3-5-20(6-4-19)15(22)23;16-12-7-10(20-9-11(8-17)24-15(20)23)1-2-13(12)18-3-5-19(6-4-18)14(21)22;14-9-5-1-3-7-12(9)11(16)13-8-4-2-6-10(13)15;;/h1-2,7,12H,3-6,8-9H2,(H,22,23);1-2,7,11H,3-6,8-9,17H2,(H,21,22);1-8H;2*1H4/t12-;11-;;;/m00.../s1. The van der Waals surface area contributed by atoms with Crippen LogP contribution in [0.4, 0.5) is 50.7 Å². The SMILES string of the molecule is C.C.NC[C@H]1CN(c2ccc(N3CCN(C(=O)O)CC3)c(F)c2)C(=O)O1.O=C(O)N1CCN(c2ccc(N3C[C@H](CN=C=S)OC3=O)cc2F)CC1.O=c1ccccn1C(=S)n1ccccc1=O. The van der Waals surface area contributed by atoms with E-state index in [4.69, 9.17) is 37.6 Å². The maximum absolute atomic E-state index is 14.6. The number of carbonyl (C=O) groups excluding carboxylic acids is 2. The summed E-state index contributed by atoms with van der Waals surface area (Å²) in [5.74, 6) is -0.931. The molecule has 0 saturated carbocycles. The van der Waals surface area contributed by atoms with E-state index in [9.17, 15) is 37.5 Å². The van der Waals surface area contributed by atoms with Crippen LogP contribution in [0, 0.1) is 11.6 Å². The molecule has 2 aromatic carbocycles. The fourth-order valence-electron chi connectivity index (χ4n) is 7.23. The van der Waals surface area contributed by atoms with Gasteiger partial charge in [-0.05, 0) is 73.0 Å². The molecule has 4 aromatic rings. The zero-order valence-electron chi connectivity index (χ0n) is 35.1. The number of piperazine rings is 2. The summed E-state index contributed by atoms with van der Waals surface area (Å²) < 4.78 is 41.8. The summed E-state index contributed by atoms with van der Waals surface area (Å²) in [4.78, 5) is 81.3. The molecular formula is C44H52F2N10O10S2. The lowest BCUT2D eigenvalue weighted by molar-refractivity contribution is 0.141. The molecule has 2 atom stereocenters. The zero-order chi connectivity index (χ0) is 47.5. The second kappa shape index (κ2) is 24.5. The molecule has 4 N–H and O–H groups in total. The Morgan fingerprint density at radius 3 is 1.44 bits per heavy atom. The van der Waals surface area contributed by atoms with Crippen LogP contribution >= 0.6 is 24.4 Å². The number of pyridine rings is 2. The average molecular weight is 983 g/mol. The van der Waals surface area contributed by atoms with Gasteiger partial charge >= 0.3 is 24.4 Å². The lowest BCUT2D eigenvalue weighted by atomic mass is 10.2. The number of amides is 4. The summed E-state index contributed by atoms with van der Waals surface area (Å²) in [6, 6.07) is 18.5. The van der Waals surface area contributed by atoms with Crippen LogP contribution < -0.4 is 36.5 Å². The second-order valence-electron chi connectivity index (χ2n) is 14.8. The van der Waals surface area contributed by atoms with Crippen molar-refractivity contribution in [3.05, 3.63) is 118 Å². The number of hydrogen-bond acceptors (Lipinski definition) is 14. The first-order valence-corrected chi connectivity index (χ1v) is 21.2. The van der Waals surface area contributed by atoms with Gasteiger partial charge < -0.3 is 45.0 Å². The lowest BCUT2D eigenvalue weighted by Crippen LogP contribution is -2.48. The molecule has 2 aromatic heterocycles. The van der Waals surface area contributed by atoms with Crippen molar-refractivity contribution < 1.29 is 47.6 Å². The van der Waals surface area contributed by atoms with E-state index in [2.05, 4.69) is 22.4 Å². The van der Waals surface area contributed by atoms with Gasteiger partial charge in [-0.2, -0.15) is 0 Å². The van der Waals surface area contributed by atoms with Crippen molar-refractivity contribution in [3.8, 4) is 0 Å². The number of anilines is 4. The molecule has 0 spiro atoms. The maximum atomic E-state index is 14.6. The molecule has 68 heavy (non-hydrogen) atoms. The van der Waals surface area contributed by atoms with Gasteiger partial charge in [0.15, 0.2) is 5.11 Å². The molecule has 4 saturated heterocycles. The van der Waals surface area contributed by atoms with E-state index in [1.807, 2.05) is 0 Å². The normalized spacial score (nSPS) is 17.5. The number of aromatic nitrogens is 2. The van der Waals surface area contributed by atoms with Crippen LogP contribution in [-0.4, -0.2) is 155 Å². The molecule has 8 rings (SSSR count). The van der Waals surface area contributed by atoms with Crippen LogP contribution in [0.5, 0.6) is 0 Å². The molecule has 4 fully saturated rings. The minimum absolute atomic E-state index is 0. The Bertz CT molecular complexity index is 2560. The van der Waals surface area contributed by atoms with Crippen molar-refractivity contribution in [2.45, 2.75) is 27.1 Å². The molecule has 4 aliphatic heterocycles. The largest absolute Gasteiger partial charge is 0.465 e. The van der Waals surface area contributed by atoms with Gasteiger partial charge in [0.1, 0.15) is 23.8 Å². The molecular weight excluding hydrogens is 931 g/mol. The first-order valence-electron chi connectivity index (χ1n) is 20.3. The van der Waals surface area contributed by atoms with Crippen LogP contribution in [-0.2, 0) is 9.47 Å². The number of carboxylic acid groups (broad SMARTS) is 2. The third-order valence-electron chi connectivity index (χ3n) is 10.7. The predicted molar refractivity (Wildman–Crippen MR) is 259 cm³/mol. The van der Waals surface area contributed by atoms with Gasteiger partial charge in [-0.3, -0.25) is 28.5 Å². The first kappa shape index (κ1) is 53.3. The number of hydrogen-bond donors (Lipinski definition) is 3. The molecule has 0 bridgehead atoms. The fourth-order valence-corrected chi connectivity index (χ4v) is 7.60. The Hall–Kier alpha value is -7.27. The van der Waals surface area contributed by atoms with Crippen molar-refractivity contribution in [1.82, 2.24) is 18.9 Å². The Morgan fingerprint density at radius 1 is 0.676 bits per heavy atom. The molecule has 6 heterocycles. The zero-order valence-corrected chi connectivity index (χ0v) is 36.7. The van der Waals surface area contributed by atoms with Crippen LogP contribution in [0.3, 0.4) is 0 Å². The summed E-state index contributed by atoms with van der Waals surface area (Å²) in [6.45, 7) is 3.94. The van der Waals surface area contributed by atoms with E-state index in [0.717, 1.165) is 0 Å². The van der Waals surface area contributed by atoms with E-state index in [-0.39, 0.29) is 56.8 Å². The van der Waals surface area contributed by atoms with E-state index in [1.165, 1.54) is 65.4 Å². The van der Waals surface area contributed by atoms with Gasteiger partial charge in [0.05, 0.1) is 47.5 Å². The average Bonchev–Trinajstić information content (AvgIpc) is 3.89. The highest BCUT2D eigenvalue weighted by Gasteiger charge is 2.34. The Morgan fingerprint density at radius 2 is 1.09 bits per heavy atom. The van der Waals surface area contributed by atoms with Crippen LogP contribution in [0.25, 0.3) is 0 Å². The molecule has 364 valence electrons. The molecule has 0 unspecified atom stereocenters. The summed E-state index contributed by atoms with van der Waals surface area (Å²) in [6.07, 6.45) is -0.791. The topological polar surface area (TPSA) is 229 Å². The number of halogens is 2. The van der Waals surface area contributed by atoms with Gasteiger partial charge in [0.2, 0.25) is 0 Å². The maximum Gasteiger partial charge on any atom is 0.414 e. The fraction of sp³-hybridized carbons (Fsp3) is 0.364. The number of nitrogens with two attached hydrogens (primary N) is 1. The van der Waals surface area contributed by atoms with Gasteiger partial charge in [0.25, 0.3) is 11.1 Å².